The average Bonchev–Trinajstić information content (AvgIpc) is 3.07. The summed E-state index contributed by atoms with van der Waals surface area (Å²) in [7, 11) is 0. The molecule has 2 heterocycles. The van der Waals surface area contributed by atoms with Crippen molar-refractivity contribution in [2.45, 2.75) is 20.3 Å². The molecule has 0 atom stereocenters. The lowest BCUT2D eigenvalue weighted by atomic mass is 10.0. The Kier molecular flexibility index (Phi) is 5.28. The van der Waals surface area contributed by atoms with Gasteiger partial charge in [-0.2, -0.15) is 5.10 Å². The van der Waals surface area contributed by atoms with Gasteiger partial charge < -0.3 is 0 Å². The number of halogens is 4. The van der Waals surface area contributed by atoms with Gasteiger partial charge in [-0.05, 0) is 49.2 Å². The highest BCUT2D eigenvalue weighted by Gasteiger charge is 2.16. The van der Waals surface area contributed by atoms with Crippen LogP contribution in [0, 0.1) is 13.8 Å². The molecular weight excluding hydrogens is 436 g/mol. The molecule has 0 aliphatic rings. The van der Waals surface area contributed by atoms with Gasteiger partial charge in [-0.1, -0.05) is 58.5 Å². The number of nitrogens with zero attached hydrogens (tertiary/aromatic N) is 3. The highest BCUT2D eigenvalue weighted by atomic mass is 35.5. The third-order valence-corrected chi connectivity index (χ3v) is 6.24. The molecule has 2 aromatic heterocycles. The van der Waals surface area contributed by atoms with E-state index in [1.165, 1.54) is 0 Å². The van der Waals surface area contributed by atoms with Crippen molar-refractivity contribution in [3.8, 4) is 11.3 Å². The Labute approximate surface area is 182 Å². The summed E-state index contributed by atoms with van der Waals surface area (Å²) in [6.45, 7) is 4.01. The van der Waals surface area contributed by atoms with Crippen LogP contribution in [0.4, 0.5) is 0 Å². The van der Waals surface area contributed by atoms with Crippen LogP contribution in [0.25, 0.3) is 16.9 Å². The van der Waals surface area contributed by atoms with E-state index in [0.717, 1.165) is 39.4 Å². The van der Waals surface area contributed by atoms with Gasteiger partial charge in [0.05, 0.1) is 15.7 Å². The molecule has 0 saturated carbocycles. The smallest absolute Gasteiger partial charge is 0.156 e. The van der Waals surface area contributed by atoms with Crippen molar-refractivity contribution >= 4 is 52.1 Å². The van der Waals surface area contributed by atoms with E-state index in [4.69, 9.17) is 56.5 Å². The molecule has 0 fully saturated rings. The van der Waals surface area contributed by atoms with Crippen molar-refractivity contribution < 1.29 is 0 Å². The Bertz CT molecular complexity index is 1190. The third kappa shape index (κ3) is 3.48. The number of hydrogen-bond donors (Lipinski definition) is 0. The molecule has 0 unspecified atom stereocenters. The van der Waals surface area contributed by atoms with Crippen molar-refractivity contribution in [2.24, 2.45) is 0 Å². The Hall–Kier alpha value is -1.78. The van der Waals surface area contributed by atoms with Gasteiger partial charge in [0, 0.05) is 39.5 Å². The maximum absolute atomic E-state index is 6.36. The molecule has 2 aromatic carbocycles. The molecule has 3 nitrogen and oxygen atoms in total. The molecule has 0 saturated heterocycles. The topological polar surface area (TPSA) is 30.2 Å². The summed E-state index contributed by atoms with van der Waals surface area (Å²) in [5, 5.41) is 7.02. The highest BCUT2D eigenvalue weighted by Crippen LogP contribution is 2.31. The third-order valence-electron chi connectivity index (χ3n) is 4.79. The molecule has 0 N–H and O–H groups in total. The van der Waals surface area contributed by atoms with Crippen LogP contribution >= 0.6 is 46.4 Å². The number of aryl methyl sites for hydroxylation is 2. The van der Waals surface area contributed by atoms with Gasteiger partial charge >= 0.3 is 0 Å². The Morgan fingerprint density at radius 1 is 0.821 bits per heavy atom. The van der Waals surface area contributed by atoms with E-state index in [1.807, 2.05) is 48.7 Å². The minimum absolute atomic E-state index is 0.492. The summed E-state index contributed by atoms with van der Waals surface area (Å²) in [4.78, 5) is 4.73. The van der Waals surface area contributed by atoms with Gasteiger partial charge in [-0.3, -0.25) is 0 Å². The molecule has 142 valence electrons. The average molecular weight is 451 g/mol. The molecule has 0 aliphatic carbocycles. The fraction of sp³-hybridized carbons (Fsp3) is 0.143. The molecule has 4 rings (SSSR count). The van der Waals surface area contributed by atoms with Gasteiger partial charge in [0.15, 0.2) is 5.65 Å². The Morgan fingerprint density at radius 2 is 1.54 bits per heavy atom. The zero-order valence-corrected chi connectivity index (χ0v) is 18.1. The van der Waals surface area contributed by atoms with Gasteiger partial charge in [-0.15, -0.1) is 0 Å². The van der Waals surface area contributed by atoms with Crippen LogP contribution < -0.4 is 0 Å². The molecule has 4 aromatic rings. The molecule has 0 amide bonds. The first kappa shape index (κ1) is 19.5. The first-order valence-corrected chi connectivity index (χ1v) is 10.1. The van der Waals surface area contributed by atoms with E-state index in [2.05, 4.69) is 0 Å². The molecule has 0 aliphatic heterocycles. The second-order valence-electron chi connectivity index (χ2n) is 6.57. The zero-order chi connectivity index (χ0) is 20.0. The van der Waals surface area contributed by atoms with Crippen LogP contribution in [0.2, 0.25) is 20.1 Å². The Balaban J connectivity index is 1.83. The molecule has 7 heteroatoms. The van der Waals surface area contributed by atoms with Gasteiger partial charge in [0.25, 0.3) is 0 Å². The standard InChI is InChI=1S/C21H15Cl4N3/c1-11-14(9-15-16(22)4-3-5-17(15)23)12(2)28-21(26-11)10-20(27-28)13-6-7-18(24)19(25)8-13/h3-8,10H,9H2,1-2H3. The summed E-state index contributed by atoms with van der Waals surface area (Å²) in [5.41, 5.74) is 6.27. The summed E-state index contributed by atoms with van der Waals surface area (Å²) in [6.07, 6.45) is 0.584. The quantitative estimate of drug-likeness (QED) is 0.329. The lowest BCUT2D eigenvalue weighted by molar-refractivity contribution is 0.859. The van der Waals surface area contributed by atoms with Crippen LogP contribution in [-0.4, -0.2) is 14.6 Å². The lowest BCUT2D eigenvalue weighted by Crippen LogP contribution is -2.06. The predicted molar refractivity (Wildman–Crippen MR) is 117 cm³/mol. The van der Waals surface area contributed by atoms with E-state index >= 15 is 0 Å². The molecular formula is C21H15Cl4N3. The minimum atomic E-state index is 0.492. The van der Waals surface area contributed by atoms with E-state index < -0.39 is 0 Å². The second-order valence-corrected chi connectivity index (χ2v) is 8.20. The number of hydrogen-bond acceptors (Lipinski definition) is 2. The van der Waals surface area contributed by atoms with Crippen molar-refractivity contribution in [1.82, 2.24) is 14.6 Å². The lowest BCUT2D eigenvalue weighted by Gasteiger charge is -2.13. The van der Waals surface area contributed by atoms with Crippen molar-refractivity contribution in [1.29, 1.82) is 0 Å². The number of aromatic nitrogens is 3. The summed E-state index contributed by atoms with van der Waals surface area (Å²) >= 11 is 24.9. The maximum Gasteiger partial charge on any atom is 0.156 e. The van der Waals surface area contributed by atoms with E-state index in [0.29, 0.717) is 26.5 Å². The number of fused-ring (bicyclic) bond motifs is 1. The van der Waals surface area contributed by atoms with E-state index in [-0.39, 0.29) is 0 Å². The first-order valence-electron chi connectivity index (χ1n) is 8.59. The molecule has 0 radical (unpaired) electrons. The Morgan fingerprint density at radius 3 is 2.21 bits per heavy atom. The molecule has 28 heavy (non-hydrogen) atoms. The summed E-state index contributed by atoms with van der Waals surface area (Å²) in [5.74, 6) is 0. The fourth-order valence-electron chi connectivity index (χ4n) is 3.26. The number of benzene rings is 2. The van der Waals surface area contributed by atoms with Crippen LogP contribution in [0.15, 0.2) is 42.5 Å². The second kappa shape index (κ2) is 7.57. The highest BCUT2D eigenvalue weighted by molar-refractivity contribution is 6.42. The monoisotopic (exact) mass is 449 g/mol. The summed E-state index contributed by atoms with van der Waals surface area (Å²) < 4.78 is 1.84. The fourth-order valence-corrected chi connectivity index (χ4v) is 4.09. The van der Waals surface area contributed by atoms with Crippen molar-refractivity contribution in [3.63, 3.8) is 0 Å². The van der Waals surface area contributed by atoms with E-state index in [1.54, 1.807) is 12.1 Å². The minimum Gasteiger partial charge on any atom is -0.234 e. The normalized spacial score (nSPS) is 11.4. The van der Waals surface area contributed by atoms with Gasteiger partial charge in [0.1, 0.15) is 0 Å². The number of rotatable bonds is 3. The van der Waals surface area contributed by atoms with Crippen LogP contribution in [0.1, 0.15) is 22.5 Å². The van der Waals surface area contributed by atoms with Gasteiger partial charge in [-0.25, -0.2) is 9.50 Å². The zero-order valence-electron chi connectivity index (χ0n) is 15.1. The van der Waals surface area contributed by atoms with Crippen LogP contribution in [0.5, 0.6) is 0 Å². The molecule has 0 bridgehead atoms. The maximum atomic E-state index is 6.36. The van der Waals surface area contributed by atoms with Gasteiger partial charge in [0.2, 0.25) is 0 Å². The van der Waals surface area contributed by atoms with Crippen LogP contribution in [-0.2, 0) is 6.42 Å². The SMILES string of the molecule is Cc1nc2cc(-c3ccc(Cl)c(Cl)c3)nn2c(C)c1Cc1c(Cl)cccc1Cl. The van der Waals surface area contributed by atoms with E-state index in [9.17, 15) is 0 Å². The predicted octanol–water partition coefficient (Wildman–Crippen LogP) is 7.22. The van der Waals surface area contributed by atoms with Crippen molar-refractivity contribution in [2.75, 3.05) is 0 Å². The first-order chi connectivity index (χ1) is 13.3. The largest absolute Gasteiger partial charge is 0.234 e. The summed E-state index contributed by atoms with van der Waals surface area (Å²) in [6, 6.07) is 12.9. The molecule has 0 spiro atoms. The van der Waals surface area contributed by atoms with Crippen molar-refractivity contribution in [3.05, 3.63) is 85.1 Å². The van der Waals surface area contributed by atoms with Crippen LogP contribution in [0.3, 0.4) is 0 Å².